The summed E-state index contributed by atoms with van der Waals surface area (Å²) in [5.74, 6) is 2.52. The molecule has 5 aromatic rings. The smallest absolute Gasteiger partial charge is 0.534 e. The minimum atomic E-state index is -2.70. The van der Waals surface area contributed by atoms with Crippen LogP contribution in [0.1, 0.15) is 50.8 Å². The lowest BCUT2D eigenvalue weighted by molar-refractivity contribution is 0.146. The molecule has 0 spiro atoms. The topological polar surface area (TPSA) is 36.9 Å². The molecule has 0 saturated carbocycles. The first-order chi connectivity index (χ1) is 21.9. The lowest BCUT2D eigenvalue weighted by Crippen LogP contribution is -2.68. The Bertz CT molecular complexity index is 1650. The lowest BCUT2D eigenvalue weighted by atomic mass is 9.76. The van der Waals surface area contributed by atoms with E-state index in [1.807, 2.05) is 42.5 Å². The van der Waals surface area contributed by atoms with Gasteiger partial charge >= 0.3 is 15.4 Å². The predicted octanol–water partition coefficient (Wildman–Crippen LogP) is 7.50. The molecule has 6 rings (SSSR count). The largest absolute Gasteiger partial charge is 0.563 e. The summed E-state index contributed by atoms with van der Waals surface area (Å²) in [6.07, 6.45) is 2.66. The number of benzene rings is 5. The van der Waals surface area contributed by atoms with Gasteiger partial charge in [-0.1, -0.05) is 124 Å². The van der Waals surface area contributed by atoms with E-state index >= 15 is 0 Å². The van der Waals surface area contributed by atoms with E-state index in [1.165, 1.54) is 15.9 Å². The third kappa shape index (κ3) is 6.58. The molecule has 0 amide bonds. The Morgan fingerprint density at radius 3 is 1.98 bits per heavy atom. The molecule has 0 saturated heterocycles. The Morgan fingerprint density at radius 1 is 0.711 bits per heavy atom. The molecule has 0 N–H and O–H groups in total. The molecule has 1 atom stereocenters. The van der Waals surface area contributed by atoms with Gasteiger partial charge in [-0.05, 0) is 70.0 Å². The lowest BCUT2D eigenvalue weighted by Gasteiger charge is -2.43. The molecule has 1 heterocycles. The summed E-state index contributed by atoms with van der Waals surface area (Å²) in [6.45, 7) is 6.94. The van der Waals surface area contributed by atoms with Gasteiger partial charge in [-0.15, -0.1) is 0 Å². The number of hydrogen-bond acceptors (Lipinski definition) is 4. The maximum absolute atomic E-state index is 7.29. The van der Waals surface area contributed by atoms with Crippen molar-refractivity contribution in [2.24, 2.45) is 0 Å². The van der Waals surface area contributed by atoms with Crippen LogP contribution in [0.5, 0.6) is 17.2 Å². The molecule has 6 heteroatoms. The van der Waals surface area contributed by atoms with Crippen molar-refractivity contribution in [1.82, 2.24) is 0 Å². The fourth-order valence-electron chi connectivity index (χ4n) is 6.44. The highest BCUT2D eigenvalue weighted by molar-refractivity contribution is 7.00. The standard InChI is InChI=1S/C39H41BO4Si/c1-39(2,3)45(34-21-10-6-11-22-34,35-23-12-7-13-24-35)44-33-20-14-16-30(28-33)17-15-25-37-36-27-26-32(41-4)29-38(36)43-40(42-37)31-18-8-5-9-19-31/h5-14,16,18-24,26-29,37H,15,17,25H2,1-4H3. The van der Waals surface area contributed by atoms with Crippen molar-refractivity contribution in [1.29, 1.82) is 0 Å². The second-order valence-electron chi connectivity index (χ2n) is 12.7. The molecule has 0 radical (unpaired) electrons. The zero-order valence-corrected chi connectivity index (χ0v) is 27.6. The van der Waals surface area contributed by atoms with Crippen LogP contribution in [0.4, 0.5) is 0 Å². The first-order valence-electron chi connectivity index (χ1n) is 15.8. The van der Waals surface area contributed by atoms with Crippen LogP contribution in [0.15, 0.2) is 133 Å². The van der Waals surface area contributed by atoms with Gasteiger partial charge < -0.3 is 18.5 Å². The van der Waals surface area contributed by atoms with Crippen LogP contribution in [0, 0.1) is 0 Å². The highest BCUT2D eigenvalue weighted by Crippen LogP contribution is 2.40. The zero-order chi connectivity index (χ0) is 31.3. The second kappa shape index (κ2) is 13.4. The summed E-state index contributed by atoms with van der Waals surface area (Å²) in [6, 6.07) is 46.4. The minimum absolute atomic E-state index is 0.0820. The Labute approximate surface area is 269 Å². The van der Waals surface area contributed by atoms with Crippen LogP contribution in [-0.2, 0) is 11.1 Å². The number of fused-ring (bicyclic) bond motifs is 1. The van der Waals surface area contributed by atoms with E-state index in [1.54, 1.807) is 7.11 Å². The number of hydrogen-bond donors (Lipinski definition) is 0. The summed E-state index contributed by atoms with van der Waals surface area (Å²) in [7, 11) is -1.48. The molecule has 1 aliphatic rings. The van der Waals surface area contributed by atoms with Crippen LogP contribution in [-0.4, -0.2) is 22.5 Å². The summed E-state index contributed by atoms with van der Waals surface area (Å²) in [4.78, 5) is 0. The van der Waals surface area contributed by atoms with Gasteiger partial charge in [0, 0.05) is 11.6 Å². The quantitative estimate of drug-likeness (QED) is 0.153. The van der Waals surface area contributed by atoms with Crippen molar-refractivity contribution in [3.63, 3.8) is 0 Å². The van der Waals surface area contributed by atoms with Crippen molar-refractivity contribution in [3.05, 3.63) is 145 Å². The molecule has 45 heavy (non-hydrogen) atoms. The highest BCUT2D eigenvalue weighted by Gasteiger charge is 2.52. The van der Waals surface area contributed by atoms with Gasteiger partial charge in [0.25, 0.3) is 0 Å². The van der Waals surface area contributed by atoms with Gasteiger partial charge in [0.05, 0.1) is 13.2 Å². The maximum Gasteiger partial charge on any atom is 0.563 e. The van der Waals surface area contributed by atoms with Crippen LogP contribution in [0.2, 0.25) is 5.04 Å². The molecule has 1 unspecified atom stereocenters. The molecular formula is C39H41BO4Si. The molecule has 4 nitrogen and oxygen atoms in total. The normalized spacial score (nSPS) is 14.8. The third-order valence-corrected chi connectivity index (χ3v) is 13.6. The molecule has 5 aromatic carbocycles. The van der Waals surface area contributed by atoms with Gasteiger partial charge in [0.15, 0.2) is 0 Å². The van der Waals surface area contributed by atoms with Crippen molar-refractivity contribution < 1.29 is 18.5 Å². The monoisotopic (exact) mass is 612 g/mol. The fourth-order valence-corrected chi connectivity index (χ4v) is 10.8. The summed E-state index contributed by atoms with van der Waals surface area (Å²) < 4.78 is 25.6. The first-order valence-corrected chi connectivity index (χ1v) is 17.7. The van der Waals surface area contributed by atoms with Crippen LogP contribution < -0.4 is 29.7 Å². The van der Waals surface area contributed by atoms with Crippen molar-refractivity contribution in [2.45, 2.75) is 51.2 Å². The Morgan fingerprint density at radius 2 is 1.36 bits per heavy atom. The van der Waals surface area contributed by atoms with E-state index in [4.69, 9.17) is 18.5 Å². The van der Waals surface area contributed by atoms with Crippen molar-refractivity contribution >= 4 is 31.3 Å². The molecule has 228 valence electrons. The molecule has 0 aromatic heterocycles. The molecule has 1 aliphatic heterocycles. The Hall–Kier alpha value is -4.26. The zero-order valence-electron chi connectivity index (χ0n) is 26.6. The molecule has 0 aliphatic carbocycles. The maximum atomic E-state index is 7.29. The molecule has 0 fully saturated rings. The molecule has 0 bridgehead atoms. The minimum Gasteiger partial charge on any atom is -0.534 e. The summed E-state index contributed by atoms with van der Waals surface area (Å²) in [5.41, 5.74) is 3.32. The van der Waals surface area contributed by atoms with Crippen molar-refractivity contribution in [2.75, 3.05) is 7.11 Å². The fraction of sp³-hybridized carbons (Fsp3) is 0.231. The first kappa shape index (κ1) is 30.8. The summed E-state index contributed by atoms with van der Waals surface area (Å²) in [5, 5.41) is 2.44. The van der Waals surface area contributed by atoms with E-state index in [0.717, 1.165) is 47.5 Å². The molecular weight excluding hydrogens is 571 g/mol. The summed E-state index contributed by atoms with van der Waals surface area (Å²) >= 11 is 0. The van der Waals surface area contributed by atoms with E-state index in [2.05, 4.69) is 112 Å². The van der Waals surface area contributed by atoms with E-state index in [9.17, 15) is 0 Å². The third-order valence-electron chi connectivity index (χ3n) is 8.68. The van der Waals surface area contributed by atoms with Gasteiger partial charge in [-0.3, -0.25) is 0 Å². The predicted molar refractivity (Wildman–Crippen MR) is 187 cm³/mol. The average Bonchev–Trinajstić information content (AvgIpc) is 3.07. The number of methoxy groups -OCH3 is 1. The van der Waals surface area contributed by atoms with Gasteiger partial charge in [0.1, 0.15) is 17.2 Å². The number of rotatable bonds is 10. The van der Waals surface area contributed by atoms with Gasteiger partial charge in [-0.2, -0.15) is 0 Å². The van der Waals surface area contributed by atoms with Crippen LogP contribution in [0.3, 0.4) is 0 Å². The van der Waals surface area contributed by atoms with Gasteiger partial charge in [0.2, 0.25) is 0 Å². The number of aryl methyl sites for hydroxylation is 1. The van der Waals surface area contributed by atoms with Crippen LogP contribution in [0.25, 0.3) is 0 Å². The van der Waals surface area contributed by atoms with E-state index in [0.29, 0.717) is 0 Å². The Balaban J connectivity index is 1.23. The van der Waals surface area contributed by atoms with E-state index < -0.39 is 15.4 Å². The Kier molecular flexibility index (Phi) is 9.15. The SMILES string of the molecule is COc1ccc2c(c1)OB(c1ccccc1)OC2CCCc1cccc(O[Si](c2ccccc2)(c2ccccc2)C(C)(C)C)c1. The second-order valence-corrected chi connectivity index (χ2v) is 16.9. The average molecular weight is 613 g/mol. The van der Waals surface area contributed by atoms with Gasteiger partial charge in [-0.25, -0.2) is 0 Å². The highest BCUT2D eigenvalue weighted by atomic mass is 28.4. The van der Waals surface area contributed by atoms with E-state index in [-0.39, 0.29) is 11.1 Å². The van der Waals surface area contributed by atoms with Crippen LogP contribution >= 0.6 is 0 Å². The van der Waals surface area contributed by atoms with Crippen molar-refractivity contribution in [3.8, 4) is 17.2 Å². The number of ether oxygens (including phenoxy) is 1.